The number of unbranched alkanes of at least 4 members (excludes halogenated alkanes) is 2. The van der Waals surface area contributed by atoms with E-state index in [1.54, 1.807) is 90.1 Å². The molecule has 5 aliphatic heterocycles. The van der Waals surface area contributed by atoms with E-state index < -0.39 is 136 Å². The summed E-state index contributed by atoms with van der Waals surface area (Å²) in [5.41, 5.74) is 5.50. The second-order valence-electron chi connectivity index (χ2n) is 28.4. The molecule has 0 unspecified atom stereocenters. The fraction of sp³-hybridized carbons (Fsp3) is 0.494. The van der Waals surface area contributed by atoms with Gasteiger partial charge in [-0.1, -0.05) is 85.2 Å². The number of aliphatic hydroxyl groups excluding tert-OH is 2. The first-order valence-electron chi connectivity index (χ1n) is 35.7. The van der Waals surface area contributed by atoms with Crippen molar-refractivity contribution in [1.29, 1.82) is 0 Å². The average molecular weight is 1450 g/mol. The molecule has 28 nitrogen and oxygen atoms in total. The highest BCUT2D eigenvalue weighted by Crippen LogP contribution is 2.51. The van der Waals surface area contributed by atoms with Gasteiger partial charge in [-0.2, -0.15) is 0 Å². The summed E-state index contributed by atoms with van der Waals surface area (Å²) >= 11 is 0. The molecule has 8 amide bonds. The van der Waals surface area contributed by atoms with Gasteiger partial charge in [0, 0.05) is 129 Å². The number of rotatable bonds is 22. The van der Waals surface area contributed by atoms with Gasteiger partial charge in [-0.05, 0) is 88.0 Å². The van der Waals surface area contributed by atoms with Crippen molar-refractivity contribution in [1.82, 2.24) is 25.8 Å². The van der Waals surface area contributed by atoms with Crippen molar-refractivity contribution in [2.24, 2.45) is 41.2 Å². The molecule has 3 aromatic carbocycles. The van der Waals surface area contributed by atoms with Gasteiger partial charge in [0.15, 0.2) is 17.1 Å². The van der Waals surface area contributed by atoms with Crippen LogP contribution < -0.4 is 52.1 Å². The molecule has 0 radical (unpaired) electrons. The SMILES string of the molecule is CO[C@H]1/C=C/O[C@@]2(C)Oc3c(C)c(O)c4c(=O)c(c5oc6cc(N7CCC(C)CC7)cc(OCc7ccc(NC(=O)[C@H](CCCNC(N)=O)NC(=O)[C@@H](NC(=O)CCCCCN8C(=O)C=CC8=O)C(C)C)cc7)c6nc-5c4c3C2=O)NC(=O)/C(C)=C\C=C\[C@H](C)[C@H](O)[C@@H](C)[C@@H](O)[C@@H](C)[C@H](OC(C)=O)[C@@H]1C. The molecule has 3 aromatic rings. The summed E-state index contributed by atoms with van der Waals surface area (Å²) in [6.07, 6.45) is 9.17. The predicted molar refractivity (Wildman–Crippen MR) is 391 cm³/mol. The van der Waals surface area contributed by atoms with E-state index in [1.165, 1.54) is 65.4 Å². The third-order valence-electron chi connectivity index (χ3n) is 20.2. The number of nitrogens with one attached hydrogen (secondary N) is 5. The highest BCUT2D eigenvalue weighted by atomic mass is 16.7. The van der Waals surface area contributed by atoms with E-state index in [1.807, 2.05) is 0 Å². The number of fused-ring (bicyclic) bond motifs is 2. The van der Waals surface area contributed by atoms with Crippen LogP contribution in [-0.2, 0) is 54.4 Å². The summed E-state index contributed by atoms with van der Waals surface area (Å²) in [6, 6.07) is 7.29. The molecule has 9 rings (SSSR count). The van der Waals surface area contributed by atoms with Crippen LogP contribution in [0, 0.1) is 42.4 Å². The number of benzene rings is 4. The Morgan fingerprint density at radius 2 is 1.55 bits per heavy atom. The lowest BCUT2D eigenvalue weighted by molar-refractivity contribution is -0.160. The van der Waals surface area contributed by atoms with Gasteiger partial charge in [0.25, 0.3) is 23.5 Å². The number of phenols is 1. The minimum absolute atomic E-state index is 0.0195. The van der Waals surface area contributed by atoms with Crippen LogP contribution in [-0.4, -0.2) is 154 Å². The number of methoxy groups -OCH3 is 1. The lowest BCUT2D eigenvalue weighted by atomic mass is 9.78. The van der Waals surface area contributed by atoms with E-state index in [-0.39, 0.29) is 107 Å². The molecule has 10 N–H and O–H groups in total. The predicted octanol–water partition coefficient (Wildman–Crippen LogP) is 8.26. The number of aliphatic hydroxyl groups is 2. The number of urea groups is 1. The van der Waals surface area contributed by atoms with Crippen LogP contribution in [0.4, 0.5) is 21.9 Å². The second-order valence-corrected chi connectivity index (χ2v) is 28.4. The first-order chi connectivity index (χ1) is 49.8. The standard InChI is InChI=1S/C77H97N9O19/c1-39(2)61(82-55(88)21-14-13-15-32-86-56(89)26-27-57(86)90)75(98)81-51(20-17-31-79-76(78)99)74(97)80-49-24-22-48(23-25-49)38-101-53-36-50(85-33-28-40(3)29-34-85)37-54-62(53)83-63-58-59-67(93)46(9)70-60(58)72(95)77(11,105-70)102-35-30-52(100-12)43(6)69(103-47(10)87)45(8)66(92)44(7)65(91)41(4)18-16-19-42(5)73(96)84-64(68(59)94)71(63)104-54/h16,18-19,22-27,30,35-37,39-41,43-45,51-52,61,65-66,69,91-93H,13-15,17,20-21,28-29,31-34,38H2,1-12H3,(H,80,97)(H,81,98)(H,82,88)(H,84,96)(H3,78,79,99)/b18-16+,35-30+,42-19-/t41-,43+,44+,45+,51-,52-,61-,65-,66+,69+,77-/m0/s1. The smallest absolute Gasteiger partial charge is 0.312 e. The number of aromatic hydroxyl groups is 1. The van der Waals surface area contributed by atoms with Crippen LogP contribution in [0.25, 0.3) is 33.3 Å². The number of primary amides is 1. The Hall–Kier alpha value is -10.2. The summed E-state index contributed by atoms with van der Waals surface area (Å²) in [4.78, 5) is 143. The Balaban J connectivity index is 1.06. The lowest BCUT2D eigenvalue weighted by Crippen LogP contribution is -2.54. The monoisotopic (exact) mass is 1450 g/mol. The minimum Gasteiger partial charge on any atom is -0.507 e. The molecule has 5 heterocycles. The second kappa shape index (κ2) is 34.2. The van der Waals surface area contributed by atoms with Gasteiger partial charge in [0.1, 0.15) is 53.2 Å². The molecule has 4 bridgehead atoms. The number of hydrogen-bond acceptors (Lipinski definition) is 21. The number of piperidine rings is 1. The number of aromatic nitrogens is 1. The van der Waals surface area contributed by atoms with Crippen LogP contribution >= 0.6 is 0 Å². The highest BCUT2D eigenvalue weighted by Gasteiger charge is 2.50. The van der Waals surface area contributed by atoms with E-state index in [2.05, 4.69) is 38.4 Å². The van der Waals surface area contributed by atoms with Crippen LogP contribution in [0.1, 0.15) is 142 Å². The number of ether oxygens (including phenoxy) is 5. The Morgan fingerprint density at radius 3 is 2.21 bits per heavy atom. The number of ketones is 1. The summed E-state index contributed by atoms with van der Waals surface area (Å²) in [5, 5.41) is 48.8. The van der Waals surface area contributed by atoms with E-state index in [9.17, 15) is 53.7 Å². The molecule has 0 saturated carbocycles. The zero-order valence-corrected chi connectivity index (χ0v) is 61.4. The number of hydrogen-bond donors (Lipinski definition) is 9. The van der Waals surface area contributed by atoms with Crippen LogP contribution in [0.2, 0.25) is 0 Å². The number of carbonyl (C=O) groups is 9. The summed E-state index contributed by atoms with van der Waals surface area (Å²) in [6.45, 7) is 19.6. The Morgan fingerprint density at radius 1 is 0.857 bits per heavy atom. The zero-order chi connectivity index (χ0) is 76.5. The maximum atomic E-state index is 15.4. The molecule has 105 heavy (non-hydrogen) atoms. The van der Waals surface area contributed by atoms with E-state index in [0.29, 0.717) is 55.2 Å². The summed E-state index contributed by atoms with van der Waals surface area (Å²) in [7, 11) is 1.42. The number of allylic oxidation sites excluding steroid dienone is 2. The lowest BCUT2D eigenvalue weighted by Gasteiger charge is -2.38. The average Bonchev–Trinajstić information content (AvgIpc) is 1.64. The first kappa shape index (κ1) is 78.9. The number of carbonyl (C=O) groups excluding carboxylic acids is 9. The third kappa shape index (κ3) is 18.1. The van der Waals surface area contributed by atoms with Crippen LogP contribution in [0.3, 0.4) is 0 Å². The van der Waals surface area contributed by atoms with Crippen molar-refractivity contribution in [3.05, 3.63) is 112 Å². The largest absolute Gasteiger partial charge is 0.507 e. The van der Waals surface area contributed by atoms with Crippen molar-refractivity contribution < 1.29 is 86.6 Å². The Bertz CT molecular complexity index is 4270. The summed E-state index contributed by atoms with van der Waals surface area (Å²) in [5.74, 6) is -10.3. The first-order valence-corrected chi connectivity index (χ1v) is 35.7. The quantitative estimate of drug-likeness (QED) is 0.0103. The molecule has 1 saturated heterocycles. The maximum Gasteiger partial charge on any atom is 0.312 e. The van der Waals surface area contributed by atoms with Crippen LogP contribution in [0.5, 0.6) is 17.2 Å². The number of nitrogens with zero attached hydrogens (tertiary/aromatic N) is 3. The van der Waals surface area contributed by atoms with Crippen molar-refractivity contribution in [3.63, 3.8) is 0 Å². The molecule has 11 atom stereocenters. The minimum atomic E-state index is -2.18. The molecule has 0 aromatic heterocycles. The summed E-state index contributed by atoms with van der Waals surface area (Å²) < 4.78 is 37.9. The Kier molecular flexibility index (Phi) is 25.7. The maximum absolute atomic E-state index is 15.4. The van der Waals surface area contributed by atoms with Gasteiger partial charge in [-0.25, -0.2) is 9.78 Å². The number of nitrogens with two attached hydrogens (primary N) is 1. The number of amides is 8. The van der Waals surface area contributed by atoms with Gasteiger partial charge in [0.2, 0.25) is 23.2 Å². The molecule has 1 fully saturated rings. The molecule has 28 heteroatoms. The van der Waals surface area contributed by atoms with Gasteiger partial charge in [-0.3, -0.25) is 48.1 Å². The van der Waals surface area contributed by atoms with E-state index in [4.69, 9.17) is 38.8 Å². The number of imide groups is 1. The molecule has 564 valence electrons. The zero-order valence-electron chi connectivity index (χ0n) is 61.4. The number of anilines is 3. The normalized spacial score (nSPS) is 24.2. The van der Waals surface area contributed by atoms with Gasteiger partial charge in [-0.15, -0.1) is 0 Å². The number of Topliss-reactive ketones (excluding diaryl/α,β-unsaturated/α-hetero) is 1. The van der Waals surface area contributed by atoms with E-state index in [0.717, 1.165) is 17.7 Å². The molecular weight excluding hydrogens is 1350 g/mol. The van der Waals surface area contributed by atoms with Crippen molar-refractivity contribution >= 4 is 92.2 Å². The van der Waals surface area contributed by atoms with E-state index >= 15 is 9.59 Å². The molecular formula is C77H97N9O19. The third-order valence-corrected chi connectivity index (χ3v) is 20.2. The van der Waals surface area contributed by atoms with Gasteiger partial charge < -0.3 is 80.6 Å². The van der Waals surface area contributed by atoms with Gasteiger partial charge >= 0.3 is 17.8 Å². The van der Waals surface area contributed by atoms with Crippen molar-refractivity contribution in [3.8, 4) is 28.7 Å². The highest BCUT2D eigenvalue weighted by molar-refractivity contribution is 6.22. The fourth-order valence-electron chi connectivity index (χ4n) is 13.7. The molecule has 6 aliphatic rings. The number of phenolic OH excluding ortho intramolecular Hbond substituents is 1. The van der Waals surface area contributed by atoms with Crippen molar-refractivity contribution in [2.75, 3.05) is 48.8 Å². The fourth-order valence-corrected chi connectivity index (χ4v) is 13.7. The van der Waals surface area contributed by atoms with Crippen LogP contribution in [0.15, 0.2) is 93.9 Å². The topological polar surface area (TPSA) is 396 Å². The molecule has 1 aliphatic carbocycles. The van der Waals surface area contributed by atoms with Gasteiger partial charge in [0.05, 0.1) is 35.5 Å². The Labute approximate surface area is 608 Å². The molecule has 0 spiro atoms. The van der Waals surface area contributed by atoms with Crippen molar-refractivity contribution in [2.45, 2.75) is 176 Å². The number of esters is 1.